The van der Waals surface area contributed by atoms with Crippen LogP contribution in [0.15, 0.2) is 27.8 Å². The fourth-order valence-corrected chi connectivity index (χ4v) is 2.48. The molecule has 5 nitrogen and oxygen atoms in total. The van der Waals surface area contributed by atoms with Gasteiger partial charge in [0.15, 0.2) is 11.6 Å². The first kappa shape index (κ1) is 15.0. The van der Waals surface area contributed by atoms with Gasteiger partial charge >= 0.3 is 0 Å². The quantitative estimate of drug-likeness (QED) is 0.854. The Balaban J connectivity index is 1.59. The topological polar surface area (TPSA) is 68.0 Å². The summed E-state index contributed by atoms with van der Waals surface area (Å²) in [5.41, 5.74) is 0.195. The number of amides is 1. The molecule has 1 aromatic carbocycles. The molecule has 1 amide bonds. The van der Waals surface area contributed by atoms with E-state index in [1.54, 1.807) is 6.92 Å². The van der Waals surface area contributed by atoms with Crippen LogP contribution in [0.25, 0.3) is 0 Å². The van der Waals surface area contributed by atoms with Crippen LogP contribution in [0.4, 0.5) is 14.5 Å². The average Bonchev–Trinajstić information content (AvgIpc) is 3.23. The summed E-state index contributed by atoms with van der Waals surface area (Å²) in [6, 6.07) is 3.19. The molecule has 0 spiro atoms. The van der Waals surface area contributed by atoms with Gasteiger partial charge < -0.3 is 9.73 Å². The molecule has 0 unspecified atom stereocenters. The second kappa shape index (κ2) is 6.04. The number of carbonyl (C=O) groups is 1. The van der Waals surface area contributed by atoms with E-state index in [4.69, 9.17) is 4.42 Å². The summed E-state index contributed by atoms with van der Waals surface area (Å²) in [5, 5.41) is 10.2. The van der Waals surface area contributed by atoms with Crippen LogP contribution >= 0.6 is 11.8 Å². The van der Waals surface area contributed by atoms with Crippen LogP contribution in [0.2, 0.25) is 0 Å². The van der Waals surface area contributed by atoms with Crippen molar-refractivity contribution in [2.24, 2.45) is 0 Å². The molecule has 1 fully saturated rings. The van der Waals surface area contributed by atoms with Crippen molar-refractivity contribution < 1.29 is 18.0 Å². The van der Waals surface area contributed by atoms with Gasteiger partial charge in [0.25, 0.3) is 5.22 Å². The molecule has 0 aliphatic heterocycles. The fourth-order valence-electron chi connectivity index (χ4n) is 1.79. The van der Waals surface area contributed by atoms with Gasteiger partial charge in [0.2, 0.25) is 11.8 Å². The SMILES string of the molecule is C[C@@H](Sc1nnc(C2CC2)o1)C(=O)Nc1ccc(F)c(F)c1. The minimum absolute atomic E-state index is 0.195. The van der Waals surface area contributed by atoms with Gasteiger partial charge in [0.05, 0.1) is 5.25 Å². The van der Waals surface area contributed by atoms with E-state index in [-0.39, 0.29) is 11.6 Å². The van der Waals surface area contributed by atoms with Crippen molar-refractivity contribution in [3.05, 3.63) is 35.7 Å². The third-order valence-corrected chi connectivity index (χ3v) is 4.12. The number of nitrogens with zero attached hydrogens (tertiary/aromatic N) is 2. The van der Waals surface area contributed by atoms with Gasteiger partial charge in [0.1, 0.15) is 0 Å². The molecular formula is C14H13F2N3O2S. The van der Waals surface area contributed by atoms with Crippen molar-refractivity contribution in [3.8, 4) is 0 Å². The Morgan fingerprint density at radius 2 is 2.14 bits per heavy atom. The van der Waals surface area contributed by atoms with Gasteiger partial charge in [-0.15, -0.1) is 10.2 Å². The highest BCUT2D eigenvalue weighted by Gasteiger charge is 2.30. The number of hydrogen-bond acceptors (Lipinski definition) is 5. The predicted octanol–water partition coefficient (Wildman–Crippen LogP) is 3.34. The maximum atomic E-state index is 13.1. The summed E-state index contributed by atoms with van der Waals surface area (Å²) in [6.07, 6.45) is 2.11. The summed E-state index contributed by atoms with van der Waals surface area (Å²) in [7, 11) is 0. The number of halogens is 2. The summed E-state index contributed by atoms with van der Waals surface area (Å²) >= 11 is 1.12. The van der Waals surface area contributed by atoms with E-state index in [2.05, 4.69) is 15.5 Å². The molecule has 1 aliphatic rings. The summed E-state index contributed by atoms with van der Waals surface area (Å²) in [5.74, 6) is -1.37. The number of hydrogen-bond donors (Lipinski definition) is 1. The molecule has 1 saturated carbocycles. The smallest absolute Gasteiger partial charge is 0.277 e. The molecule has 0 bridgehead atoms. The number of thioether (sulfide) groups is 1. The predicted molar refractivity (Wildman–Crippen MR) is 76.6 cm³/mol. The van der Waals surface area contributed by atoms with Gasteiger partial charge in [0, 0.05) is 17.7 Å². The number of nitrogens with one attached hydrogen (secondary N) is 1. The molecular weight excluding hydrogens is 312 g/mol. The Kier molecular flexibility index (Phi) is 4.10. The highest BCUT2D eigenvalue weighted by molar-refractivity contribution is 8.00. The van der Waals surface area contributed by atoms with Crippen molar-refractivity contribution in [2.75, 3.05) is 5.32 Å². The van der Waals surface area contributed by atoms with E-state index >= 15 is 0 Å². The molecule has 8 heteroatoms. The molecule has 1 atom stereocenters. The Morgan fingerprint density at radius 3 is 2.82 bits per heavy atom. The van der Waals surface area contributed by atoms with E-state index in [1.807, 2.05) is 0 Å². The lowest BCUT2D eigenvalue weighted by Gasteiger charge is -2.10. The van der Waals surface area contributed by atoms with Gasteiger partial charge in [-0.2, -0.15) is 0 Å². The molecule has 0 saturated heterocycles. The second-order valence-corrected chi connectivity index (χ2v) is 6.35. The Hall–Kier alpha value is -1.96. The van der Waals surface area contributed by atoms with E-state index in [1.165, 1.54) is 6.07 Å². The molecule has 1 aliphatic carbocycles. The van der Waals surface area contributed by atoms with Crippen LogP contribution in [0.5, 0.6) is 0 Å². The second-order valence-electron chi connectivity index (χ2n) is 5.06. The molecule has 3 rings (SSSR count). The number of rotatable bonds is 5. The highest BCUT2D eigenvalue weighted by Crippen LogP contribution is 2.40. The van der Waals surface area contributed by atoms with Crippen LogP contribution < -0.4 is 5.32 Å². The molecule has 116 valence electrons. The Bertz CT molecular complexity index is 703. The maximum Gasteiger partial charge on any atom is 0.277 e. The van der Waals surface area contributed by atoms with Crippen molar-refractivity contribution >= 4 is 23.4 Å². The van der Waals surface area contributed by atoms with Gasteiger partial charge in [-0.05, 0) is 31.9 Å². The van der Waals surface area contributed by atoms with Crippen molar-refractivity contribution in [3.63, 3.8) is 0 Å². The molecule has 2 aromatic rings. The van der Waals surface area contributed by atoms with E-state index in [9.17, 15) is 13.6 Å². The van der Waals surface area contributed by atoms with Crippen molar-refractivity contribution in [1.29, 1.82) is 0 Å². The average molecular weight is 325 g/mol. The first-order chi connectivity index (χ1) is 10.5. The van der Waals surface area contributed by atoms with Gasteiger partial charge in [-0.25, -0.2) is 8.78 Å². The zero-order valence-electron chi connectivity index (χ0n) is 11.7. The lowest BCUT2D eigenvalue weighted by Crippen LogP contribution is -2.22. The lowest BCUT2D eigenvalue weighted by molar-refractivity contribution is -0.115. The largest absolute Gasteiger partial charge is 0.416 e. The third-order valence-electron chi connectivity index (χ3n) is 3.18. The lowest BCUT2D eigenvalue weighted by atomic mass is 10.3. The maximum absolute atomic E-state index is 13.1. The Labute approximate surface area is 129 Å². The zero-order valence-corrected chi connectivity index (χ0v) is 12.5. The van der Waals surface area contributed by atoms with Crippen LogP contribution in [-0.2, 0) is 4.79 Å². The molecule has 1 heterocycles. The summed E-state index contributed by atoms with van der Waals surface area (Å²) in [6.45, 7) is 1.67. The minimum Gasteiger partial charge on any atom is -0.416 e. The van der Waals surface area contributed by atoms with Crippen LogP contribution in [0.3, 0.4) is 0 Å². The number of carbonyl (C=O) groups excluding carboxylic acids is 1. The van der Waals surface area contributed by atoms with Gasteiger partial charge in [-0.1, -0.05) is 11.8 Å². The van der Waals surface area contributed by atoms with E-state index in [0.29, 0.717) is 17.0 Å². The van der Waals surface area contributed by atoms with Crippen molar-refractivity contribution in [1.82, 2.24) is 10.2 Å². The normalized spacial score (nSPS) is 15.6. The highest BCUT2D eigenvalue weighted by atomic mass is 32.2. The van der Waals surface area contributed by atoms with Crippen LogP contribution in [-0.4, -0.2) is 21.4 Å². The zero-order chi connectivity index (χ0) is 15.7. The van der Waals surface area contributed by atoms with Crippen molar-refractivity contribution in [2.45, 2.75) is 36.2 Å². The fraction of sp³-hybridized carbons (Fsp3) is 0.357. The molecule has 1 N–H and O–H groups in total. The van der Waals surface area contributed by atoms with Crippen LogP contribution in [0.1, 0.15) is 31.6 Å². The minimum atomic E-state index is -1.01. The number of aromatic nitrogens is 2. The Morgan fingerprint density at radius 1 is 1.36 bits per heavy atom. The summed E-state index contributed by atoms with van der Waals surface area (Å²) in [4.78, 5) is 12.0. The first-order valence-corrected chi connectivity index (χ1v) is 7.67. The summed E-state index contributed by atoms with van der Waals surface area (Å²) < 4.78 is 31.4. The van der Waals surface area contributed by atoms with E-state index < -0.39 is 16.9 Å². The number of benzene rings is 1. The van der Waals surface area contributed by atoms with Gasteiger partial charge in [-0.3, -0.25) is 4.79 Å². The standard InChI is InChI=1S/C14H13F2N3O2S/c1-7(22-14-19-18-13(21-14)8-2-3-8)12(20)17-9-4-5-10(15)11(16)6-9/h4-8H,2-3H2,1H3,(H,17,20)/t7-/m1/s1. The van der Waals surface area contributed by atoms with E-state index in [0.717, 1.165) is 36.7 Å². The third kappa shape index (κ3) is 3.44. The monoisotopic (exact) mass is 325 g/mol. The number of anilines is 1. The molecule has 0 radical (unpaired) electrons. The van der Waals surface area contributed by atoms with Crippen LogP contribution in [0, 0.1) is 11.6 Å². The molecule has 22 heavy (non-hydrogen) atoms. The first-order valence-electron chi connectivity index (χ1n) is 6.79. The molecule has 1 aromatic heterocycles.